The Balaban J connectivity index is 1.70. The minimum Gasteiger partial charge on any atom is -0.492 e. The van der Waals surface area contributed by atoms with Crippen LogP contribution in [0.5, 0.6) is 17.2 Å². The molecule has 0 aliphatic carbocycles. The van der Waals surface area contributed by atoms with Crippen LogP contribution in [-0.4, -0.2) is 26.5 Å². The zero-order valence-corrected chi connectivity index (χ0v) is 13.6. The van der Waals surface area contributed by atoms with Crippen LogP contribution in [0.4, 0.5) is 4.79 Å². The van der Waals surface area contributed by atoms with Gasteiger partial charge in [-0.2, -0.15) is 0 Å². The van der Waals surface area contributed by atoms with Gasteiger partial charge in [0.05, 0.1) is 12.5 Å². The highest BCUT2D eigenvalue weighted by Gasteiger charge is 2.45. The minimum atomic E-state index is -0.733. The number of benzene rings is 2. The normalized spacial score (nSPS) is 20.6. The van der Waals surface area contributed by atoms with E-state index >= 15 is 0 Å². The standard InChI is InChI=1S/C19H18O5/c1-12-3-5-16-13(7-12)9-19(10-22-16)11-23-17-6-4-14(8-15(17)19)24-18(20)21-2/h3-8H,9-11H2,1-2H3. The lowest BCUT2D eigenvalue weighted by molar-refractivity contribution is 0.121. The monoisotopic (exact) mass is 326 g/mol. The summed E-state index contributed by atoms with van der Waals surface area (Å²) in [5.74, 6) is 2.19. The maximum atomic E-state index is 11.3. The molecule has 124 valence electrons. The summed E-state index contributed by atoms with van der Waals surface area (Å²) in [7, 11) is 1.29. The number of carbonyl (C=O) groups excluding carboxylic acids is 1. The first-order valence-corrected chi connectivity index (χ1v) is 7.85. The molecule has 0 saturated carbocycles. The minimum absolute atomic E-state index is 0.258. The summed E-state index contributed by atoms with van der Waals surface area (Å²) in [6.07, 6.45) is 0.0994. The second kappa shape index (κ2) is 5.44. The molecule has 0 fully saturated rings. The molecule has 2 heterocycles. The number of carbonyl (C=O) groups is 1. The fraction of sp³-hybridized carbons (Fsp3) is 0.316. The molecule has 0 aromatic heterocycles. The van der Waals surface area contributed by atoms with Crippen LogP contribution in [0, 0.1) is 6.92 Å². The van der Waals surface area contributed by atoms with Crippen molar-refractivity contribution in [1.82, 2.24) is 0 Å². The lowest BCUT2D eigenvalue weighted by atomic mass is 9.76. The Morgan fingerprint density at radius 3 is 2.62 bits per heavy atom. The number of rotatable bonds is 1. The van der Waals surface area contributed by atoms with Gasteiger partial charge in [-0.05, 0) is 43.2 Å². The summed E-state index contributed by atoms with van der Waals surface area (Å²) in [6, 6.07) is 11.6. The SMILES string of the molecule is COC(=O)Oc1ccc2c(c1)C1(COc3ccc(C)cc3C1)CO2. The van der Waals surface area contributed by atoms with Gasteiger partial charge in [0.25, 0.3) is 0 Å². The van der Waals surface area contributed by atoms with E-state index in [1.807, 2.05) is 18.2 Å². The van der Waals surface area contributed by atoms with Crippen LogP contribution in [0.3, 0.4) is 0 Å². The molecule has 1 spiro atoms. The van der Waals surface area contributed by atoms with Crippen LogP contribution in [0.2, 0.25) is 0 Å². The molecule has 0 N–H and O–H groups in total. The fourth-order valence-corrected chi connectivity index (χ4v) is 3.43. The largest absolute Gasteiger partial charge is 0.513 e. The lowest BCUT2D eigenvalue weighted by Gasteiger charge is -2.34. The maximum absolute atomic E-state index is 11.3. The molecule has 1 unspecified atom stereocenters. The summed E-state index contributed by atoms with van der Waals surface area (Å²) in [4.78, 5) is 11.3. The third-order valence-corrected chi connectivity index (χ3v) is 4.64. The summed E-state index contributed by atoms with van der Waals surface area (Å²) >= 11 is 0. The van der Waals surface area contributed by atoms with Gasteiger partial charge in [0.1, 0.15) is 30.5 Å². The van der Waals surface area contributed by atoms with E-state index in [1.165, 1.54) is 18.2 Å². The number of methoxy groups -OCH3 is 1. The Labute approximate surface area is 140 Å². The molecule has 2 aliphatic rings. The Hall–Kier alpha value is -2.69. The molecule has 0 saturated heterocycles. The van der Waals surface area contributed by atoms with E-state index in [4.69, 9.17) is 14.2 Å². The van der Waals surface area contributed by atoms with Crippen LogP contribution in [0.25, 0.3) is 0 Å². The van der Waals surface area contributed by atoms with Crippen LogP contribution >= 0.6 is 0 Å². The van der Waals surface area contributed by atoms with E-state index in [0.717, 1.165) is 23.5 Å². The first-order chi connectivity index (χ1) is 11.6. The first kappa shape index (κ1) is 14.9. The Bertz CT molecular complexity index is 813. The Kier molecular flexibility index (Phi) is 3.37. The van der Waals surface area contributed by atoms with Crippen molar-refractivity contribution in [3.63, 3.8) is 0 Å². The maximum Gasteiger partial charge on any atom is 0.513 e. The zero-order chi connectivity index (χ0) is 16.7. The topological polar surface area (TPSA) is 54.0 Å². The average molecular weight is 326 g/mol. The van der Waals surface area contributed by atoms with Crippen molar-refractivity contribution >= 4 is 6.16 Å². The van der Waals surface area contributed by atoms with Gasteiger partial charge in [-0.3, -0.25) is 0 Å². The van der Waals surface area contributed by atoms with Gasteiger partial charge >= 0.3 is 6.16 Å². The predicted molar refractivity (Wildman–Crippen MR) is 87.0 cm³/mol. The van der Waals surface area contributed by atoms with Gasteiger partial charge in [0.2, 0.25) is 0 Å². The number of ether oxygens (including phenoxy) is 4. The molecule has 2 aliphatic heterocycles. The molecule has 4 rings (SSSR count). The molecule has 2 aromatic carbocycles. The lowest BCUT2D eigenvalue weighted by Crippen LogP contribution is -2.40. The molecule has 5 heteroatoms. The van der Waals surface area contributed by atoms with E-state index < -0.39 is 6.16 Å². The predicted octanol–water partition coefficient (Wildman–Crippen LogP) is 3.41. The van der Waals surface area contributed by atoms with Gasteiger partial charge in [-0.1, -0.05) is 17.7 Å². The molecule has 0 amide bonds. The molecule has 2 aromatic rings. The first-order valence-electron chi connectivity index (χ1n) is 7.85. The molecule has 1 atom stereocenters. The van der Waals surface area contributed by atoms with Crippen molar-refractivity contribution in [2.24, 2.45) is 0 Å². The second-order valence-corrected chi connectivity index (χ2v) is 6.36. The highest BCUT2D eigenvalue weighted by Crippen LogP contribution is 2.46. The Morgan fingerprint density at radius 2 is 1.83 bits per heavy atom. The quantitative estimate of drug-likeness (QED) is 0.594. The number of fused-ring (bicyclic) bond motifs is 3. The zero-order valence-electron chi connectivity index (χ0n) is 13.6. The Morgan fingerprint density at radius 1 is 1.08 bits per heavy atom. The molecule has 5 nitrogen and oxygen atoms in total. The average Bonchev–Trinajstić information content (AvgIpc) is 2.92. The van der Waals surface area contributed by atoms with E-state index in [2.05, 4.69) is 23.8 Å². The summed E-state index contributed by atoms with van der Waals surface area (Å²) in [5, 5.41) is 0. The second-order valence-electron chi connectivity index (χ2n) is 6.36. The smallest absolute Gasteiger partial charge is 0.492 e. The van der Waals surface area contributed by atoms with Crippen molar-refractivity contribution < 1.29 is 23.7 Å². The fourth-order valence-electron chi connectivity index (χ4n) is 3.43. The molecule has 0 radical (unpaired) electrons. The molecule has 24 heavy (non-hydrogen) atoms. The van der Waals surface area contributed by atoms with E-state index in [-0.39, 0.29) is 5.41 Å². The van der Waals surface area contributed by atoms with E-state index in [1.54, 1.807) is 6.07 Å². The third-order valence-electron chi connectivity index (χ3n) is 4.64. The van der Waals surface area contributed by atoms with Crippen molar-refractivity contribution in [1.29, 1.82) is 0 Å². The van der Waals surface area contributed by atoms with E-state index in [0.29, 0.717) is 19.0 Å². The number of hydrogen-bond acceptors (Lipinski definition) is 5. The summed E-state index contributed by atoms with van der Waals surface area (Å²) in [6.45, 7) is 3.16. The van der Waals surface area contributed by atoms with Gasteiger partial charge in [-0.15, -0.1) is 0 Å². The molecular formula is C19H18O5. The summed E-state index contributed by atoms with van der Waals surface area (Å²) < 4.78 is 21.6. The van der Waals surface area contributed by atoms with Crippen LogP contribution < -0.4 is 14.2 Å². The summed E-state index contributed by atoms with van der Waals surface area (Å²) in [5.41, 5.74) is 3.13. The van der Waals surface area contributed by atoms with Crippen LogP contribution in [0.15, 0.2) is 36.4 Å². The molecular weight excluding hydrogens is 308 g/mol. The van der Waals surface area contributed by atoms with Crippen molar-refractivity contribution in [2.45, 2.75) is 18.8 Å². The van der Waals surface area contributed by atoms with Crippen LogP contribution in [-0.2, 0) is 16.6 Å². The third kappa shape index (κ3) is 2.37. The van der Waals surface area contributed by atoms with Crippen molar-refractivity contribution in [3.05, 3.63) is 53.1 Å². The van der Waals surface area contributed by atoms with Gasteiger partial charge in [0.15, 0.2) is 0 Å². The van der Waals surface area contributed by atoms with Gasteiger partial charge in [-0.25, -0.2) is 4.79 Å². The van der Waals surface area contributed by atoms with Gasteiger partial charge < -0.3 is 18.9 Å². The van der Waals surface area contributed by atoms with Crippen molar-refractivity contribution in [3.8, 4) is 17.2 Å². The highest BCUT2D eigenvalue weighted by atomic mass is 16.7. The van der Waals surface area contributed by atoms with E-state index in [9.17, 15) is 4.79 Å². The van der Waals surface area contributed by atoms with Crippen LogP contribution in [0.1, 0.15) is 16.7 Å². The van der Waals surface area contributed by atoms with Crippen molar-refractivity contribution in [2.75, 3.05) is 20.3 Å². The van der Waals surface area contributed by atoms with Gasteiger partial charge in [0, 0.05) is 5.56 Å². The number of aryl methyl sites for hydroxylation is 1. The highest BCUT2D eigenvalue weighted by molar-refractivity contribution is 5.64. The molecule has 0 bridgehead atoms. The number of hydrogen-bond donors (Lipinski definition) is 0.